The van der Waals surface area contributed by atoms with Gasteiger partial charge >= 0.3 is 0 Å². The van der Waals surface area contributed by atoms with Crippen molar-refractivity contribution >= 4 is 5.91 Å². The monoisotopic (exact) mass is 317 g/mol. The van der Waals surface area contributed by atoms with Crippen LogP contribution in [0, 0.1) is 5.92 Å². The van der Waals surface area contributed by atoms with Crippen molar-refractivity contribution in [1.82, 2.24) is 15.4 Å². The predicted molar refractivity (Wildman–Crippen MR) is 87.3 cm³/mol. The minimum Gasteiger partial charge on any atom is -0.360 e. The van der Waals surface area contributed by atoms with E-state index in [2.05, 4.69) is 22.3 Å². The summed E-state index contributed by atoms with van der Waals surface area (Å²) in [6.07, 6.45) is 9.06. The summed E-state index contributed by atoms with van der Waals surface area (Å²) in [4.78, 5) is 15.0. The molecule has 1 N–H and O–H groups in total. The summed E-state index contributed by atoms with van der Waals surface area (Å²) in [6, 6.07) is 2.78. The third-order valence-electron chi connectivity index (χ3n) is 5.79. The number of nitrogens with zero attached hydrogens (tertiary/aromatic N) is 2. The average Bonchev–Trinajstić information content (AvgIpc) is 3.18. The molecule has 1 aromatic rings. The molecule has 0 bridgehead atoms. The molecule has 3 fully saturated rings. The zero-order chi connectivity index (χ0) is 15.8. The van der Waals surface area contributed by atoms with E-state index in [0.29, 0.717) is 17.5 Å². The van der Waals surface area contributed by atoms with Crippen molar-refractivity contribution in [2.24, 2.45) is 5.92 Å². The lowest BCUT2D eigenvalue weighted by Crippen LogP contribution is -2.41. The van der Waals surface area contributed by atoms with E-state index in [0.717, 1.165) is 37.7 Å². The fourth-order valence-electron chi connectivity index (χ4n) is 4.14. The minimum atomic E-state index is -0.0806. The van der Waals surface area contributed by atoms with Gasteiger partial charge in [0.1, 0.15) is 5.76 Å². The summed E-state index contributed by atoms with van der Waals surface area (Å²) < 4.78 is 5.30. The van der Waals surface area contributed by atoms with E-state index >= 15 is 0 Å². The van der Waals surface area contributed by atoms with Gasteiger partial charge in [0, 0.05) is 37.2 Å². The highest BCUT2D eigenvalue weighted by molar-refractivity contribution is 5.92. The lowest BCUT2D eigenvalue weighted by Gasteiger charge is -2.31. The number of carbonyl (C=O) groups excluding carboxylic acids is 1. The number of rotatable bonds is 4. The molecule has 0 aromatic carbocycles. The average molecular weight is 317 g/mol. The molecule has 2 unspecified atom stereocenters. The molecule has 0 spiro atoms. The number of aromatic nitrogens is 1. The standard InChI is InChI=1S/C18H27N3O2/c1-12-10-21(14-5-3-2-4-6-14)11-16(12)19-18(22)15-9-17(23-20-15)13-7-8-13/h9,12-14,16H,2-8,10-11H2,1H3,(H,19,22). The molecular formula is C18H27N3O2. The van der Waals surface area contributed by atoms with Gasteiger partial charge in [-0.05, 0) is 31.6 Å². The Hall–Kier alpha value is -1.36. The maximum atomic E-state index is 12.4. The Morgan fingerprint density at radius 1 is 1.22 bits per heavy atom. The van der Waals surface area contributed by atoms with Gasteiger partial charge in [-0.15, -0.1) is 0 Å². The highest BCUT2D eigenvalue weighted by atomic mass is 16.5. The molecule has 126 valence electrons. The summed E-state index contributed by atoms with van der Waals surface area (Å²) >= 11 is 0. The largest absolute Gasteiger partial charge is 0.360 e. The number of likely N-dealkylation sites (tertiary alicyclic amines) is 1. The molecule has 5 heteroatoms. The smallest absolute Gasteiger partial charge is 0.273 e. The van der Waals surface area contributed by atoms with Gasteiger partial charge in [-0.2, -0.15) is 0 Å². The Morgan fingerprint density at radius 2 is 2.00 bits per heavy atom. The minimum absolute atomic E-state index is 0.0806. The van der Waals surface area contributed by atoms with Gasteiger partial charge in [0.2, 0.25) is 0 Å². The van der Waals surface area contributed by atoms with Crippen LogP contribution in [0.15, 0.2) is 10.6 Å². The van der Waals surface area contributed by atoms with Crippen molar-refractivity contribution in [1.29, 1.82) is 0 Å². The van der Waals surface area contributed by atoms with Gasteiger partial charge in [0.15, 0.2) is 5.69 Å². The number of amides is 1. The van der Waals surface area contributed by atoms with Crippen LogP contribution in [0.25, 0.3) is 0 Å². The Labute approximate surface area is 137 Å². The number of hydrogen-bond donors (Lipinski definition) is 1. The van der Waals surface area contributed by atoms with Gasteiger partial charge in [0.25, 0.3) is 5.91 Å². The van der Waals surface area contributed by atoms with Crippen LogP contribution in [-0.2, 0) is 0 Å². The van der Waals surface area contributed by atoms with Crippen LogP contribution < -0.4 is 5.32 Å². The fourth-order valence-corrected chi connectivity index (χ4v) is 4.14. The lowest BCUT2D eigenvalue weighted by molar-refractivity contribution is 0.0920. The first-order valence-electron chi connectivity index (χ1n) is 9.22. The topological polar surface area (TPSA) is 58.4 Å². The van der Waals surface area contributed by atoms with E-state index in [1.54, 1.807) is 0 Å². The molecule has 5 nitrogen and oxygen atoms in total. The zero-order valence-electron chi connectivity index (χ0n) is 14.0. The van der Waals surface area contributed by atoms with Gasteiger partial charge in [-0.3, -0.25) is 9.69 Å². The fraction of sp³-hybridized carbons (Fsp3) is 0.778. The van der Waals surface area contributed by atoms with Crippen LogP contribution in [0.5, 0.6) is 0 Å². The summed E-state index contributed by atoms with van der Waals surface area (Å²) in [7, 11) is 0. The van der Waals surface area contributed by atoms with E-state index in [1.165, 1.54) is 32.1 Å². The molecule has 1 amide bonds. The number of nitrogens with one attached hydrogen (secondary N) is 1. The van der Waals surface area contributed by atoms with Crippen molar-refractivity contribution in [2.75, 3.05) is 13.1 Å². The molecule has 2 heterocycles. The molecule has 2 atom stereocenters. The van der Waals surface area contributed by atoms with Crippen LogP contribution in [0.4, 0.5) is 0 Å². The van der Waals surface area contributed by atoms with Crippen LogP contribution in [0.3, 0.4) is 0 Å². The normalized spacial score (nSPS) is 29.8. The highest BCUT2D eigenvalue weighted by Crippen LogP contribution is 2.40. The van der Waals surface area contributed by atoms with Gasteiger partial charge in [-0.1, -0.05) is 31.3 Å². The Bertz CT molecular complexity index is 560. The third-order valence-corrected chi connectivity index (χ3v) is 5.79. The van der Waals surface area contributed by atoms with E-state index in [9.17, 15) is 4.79 Å². The van der Waals surface area contributed by atoms with E-state index in [-0.39, 0.29) is 11.9 Å². The maximum absolute atomic E-state index is 12.4. The highest BCUT2D eigenvalue weighted by Gasteiger charge is 2.35. The molecule has 2 aliphatic carbocycles. The first-order chi connectivity index (χ1) is 11.2. The summed E-state index contributed by atoms with van der Waals surface area (Å²) in [5.41, 5.74) is 0.440. The molecule has 1 saturated heterocycles. The molecule has 4 rings (SSSR count). The maximum Gasteiger partial charge on any atom is 0.273 e. The van der Waals surface area contributed by atoms with Gasteiger partial charge in [-0.25, -0.2) is 0 Å². The van der Waals surface area contributed by atoms with Crippen LogP contribution >= 0.6 is 0 Å². The van der Waals surface area contributed by atoms with E-state index in [4.69, 9.17) is 4.52 Å². The molecule has 0 radical (unpaired) electrons. The van der Waals surface area contributed by atoms with Crippen LogP contribution in [0.2, 0.25) is 0 Å². The van der Waals surface area contributed by atoms with Crippen LogP contribution in [-0.4, -0.2) is 41.1 Å². The van der Waals surface area contributed by atoms with Gasteiger partial charge < -0.3 is 9.84 Å². The number of hydrogen-bond acceptors (Lipinski definition) is 4. The number of carbonyl (C=O) groups is 1. The predicted octanol–water partition coefficient (Wildman–Crippen LogP) is 2.93. The quantitative estimate of drug-likeness (QED) is 0.927. The van der Waals surface area contributed by atoms with Crippen molar-refractivity contribution < 1.29 is 9.32 Å². The van der Waals surface area contributed by atoms with Gasteiger partial charge in [0.05, 0.1) is 0 Å². The molecule has 3 aliphatic rings. The first-order valence-corrected chi connectivity index (χ1v) is 9.22. The summed E-state index contributed by atoms with van der Waals surface area (Å²) in [5.74, 6) is 1.79. The van der Waals surface area contributed by atoms with E-state index < -0.39 is 0 Å². The molecule has 1 aliphatic heterocycles. The van der Waals surface area contributed by atoms with Crippen molar-refractivity contribution in [3.8, 4) is 0 Å². The third kappa shape index (κ3) is 3.30. The molecular weight excluding hydrogens is 290 g/mol. The molecule has 2 saturated carbocycles. The van der Waals surface area contributed by atoms with Crippen molar-refractivity contribution in [3.63, 3.8) is 0 Å². The summed E-state index contributed by atoms with van der Waals surface area (Å²) in [5, 5.41) is 7.14. The molecule has 23 heavy (non-hydrogen) atoms. The lowest BCUT2D eigenvalue weighted by atomic mass is 9.94. The van der Waals surface area contributed by atoms with Crippen molar-refractivity contribution in [2.45, 2.75) is 69.9 Å². The second-order valence-electron chi connectivity index (χ2n) is 7.69. The second-order valence-corrected chi connectivity index (χ2v) is 7.69. The Balaban J connectivity index is 1.34. The first kappa shape index (κ1) is 15.2. The van der Waals surface area contributed by atoms with Crippen molar-refractivity contribution in [3.05, 3.63) is 17.5 Å². The van der Waals surface area contributed by atoms with E-state index in [1.807, 2.05) is 6.07 Å². The zero-order valence-corrected chi connectivity index (χ0v) is 14.0. The second kappa shape index (κ2) is 6.27. The van der Waals surface area contributed by atoms with Crippen LogP contribution in [0.1, 0.15) is 74.0 Å². The SMILES string of the molecule is CC1CN(C2CCCCC2)CC1NC(=O)c1cc(C2CC2)on1. The molecule has 1 aromatic heterocycles. The Morgan fingerprint density at radius 3 is 2.74 bits per heavy atom. The Kier molecular flexibility index (Phi) is 4.14. The summed E-state index contributed by atoms with van der Waals surface area (Å²) in [6.45, 7) is 4.32.